The van der Waals surface area contributed by atoms with Crippen molar-refractivity contribution in [3.8, 4) is 0 Å². The second-order valence-corrected chi connectivity index (χ2v) is 8.93. The average molecular weight is 331 g/mol. The SMILES string of the molecule is CC1CCCC(NC(=O)NC2CCCN(S(C)(=O)=O)C2)C1C. The van der Waals surface area contributed by atoms with E-state index in [4.69, 9.17) is 0 Å². The second kappa shape index (κ2) is 7.17. The first kappa shape index (κ1) is 17.5. The van der Waals surface area contributed by atoms with Gasteiger partial charge < -0.3 is 10.6 Å². The van der Waals surface area contributed by atoms with Gasteiger partial charge in [0.2, 0.25) is 10.0 Å². The Morgan fingerprint density at radius 2 is 1.82 bits per heavy atom. The number of carbonyl (C=O) groups excluding carboxylic acids is 1. The Morgan fingerprint density at radius 3 is 2.50 bits per heavy atom. The van der Waals surface area contributed by atoms with Gasteiger partial charge in [-0.05, 0) is 31.1 Å². The third kappa shape index (κ3) is 4.59. The van der Waals surface area contributed by atoms with Gasteiger partial charge in [0.15, 0.2) is 0 Å². The number of amides is 2. The van der Waals surface area contributed by atoms with Gasteiger partial charge in [-0.25, -0.2) is 17.5 Å². The van der Waals surface area contributed by atoms with Gasteiger partial charge >= 0.3 is 6.03 Å². The molecule has 2 rings (SSSR count). The third-order valence-electron chi connectivity index (χ3n) is 5.21. The molecule has 1 aliphatic carbocycles. The molecule has 7 heteroatoms. The summed E-state index contributed by atoms with van der Waals surface area (Å²) in [4.78, 5) is 12.2. The Morgan fingerprint density at radius 1 is 1.09 bits per heavy atom. The molecule has 0 spiro atoms. The molecule has 0 radical (unpaired) electrons. The molecule has 0 bridgehead atoms. The first-order valence-electron chi connectivity index (χ1n) is 8.29. The van der Waals surface area contributed by atoms with Gasteiger partial charge in [-0.2, -0.15) is 0 Å². The maximum absolute atomic E-state index is 12.2. The zero-order valence-electron chi connectivity index (χ0n) is 13.8. The van der Waals surface area contributed by atoms with Crippen molar-refractivity contribution in [2.75, 3.05) is 19.3 Å². The van der Waals surface area contributed by atoms with E-state index in [-0.39, 0.29) is 18.1 Å². The second-order valence-electron chi connectivity index (χ2n) is 6.95. The molecular formula is C15H29N3O3S. The van der Waals surface area contributed by atoms with Crippen LogP contribution in [0.2, 0.25) is 0 Å². The number of hydrogen-bond acceptors (Lipinski definition) is 3. The van der Waals surface area contributed by atoms with E-state index in [9.17, 15) is 13.2 Å². The van der Waals surface area contributed by atoms with Crippen LogP contribution in [0.3, 0.4) is 0 Å². The molecule has 2 fully saturated rings. The first-order chi connectivity index (χ1) is 10.3. The van der Waals surface area contributed by atoms with Crippen LogP contribution >= 0.6 is 0 Å². The Balaban J connectivity index is 1.84. The predicted molar refractivity (Wildman–Crippen MR) is 87.1 cm³/mol. The van der Waals surface area contributed by atoms with E-state index in [1.165, 1.54) is 17.0 Å². The highest BCUT2D eigenvalue weighted by atomic mass is 32.2. The smallest absolute Gasteiger partial charge is 0.315 e. The zero-order chi connectivity index (χ0) is 16.3. The summed E-state index contributed by atoms with van der Waals surface area (Å²) in [6.45, 7) is 5.36. The summed E-state index contributed by atoms with van der Waals surface area (Å²) in [5.41, 5.74) is 0. The lowest BCUT2D eigenvalue weighted by molar-refractivity contribution is 0.189. The molecule has 2 aliphatic rings. The van der Waals surface area contributed by atoms with Crippen LogP contribution in [-0.2, 0) is 10.0 Å². The Kier molecular flexibility index (Phi) is 5.71. The standard InChI is InChI=1S/C15H29N3O3S/c1-11-6-4-8-14(12(11)2)17-15(19)16-13-7-5-9-18(10-13)22(3,20)21/h11-14H,4-10H2,1-3H3,(H2,16,17,19). The fourth-order valence-electron chi connectivity index (χ4n) is 3.54. The maximum atomic E-state index is 12.2. The first-order valence-corrected chi connectivity index (χ1v) is 10.1. The van der Waals surface area contributed by atoms with Crippen molar-refractivity contribution < 1.29 is 13.2 Å². The van der Waals surface area contributed by atoms with Crippen LogP contribution in [-0.4, -0.2) is 50.2 Å². The minimum Gasteiger partial charge on any atom is -0.335 e. The summed E-state index contributed by atoms with van der Waals surface area (Å²) in [6, 6.07) is -0.0375. The molecule has 1 saturated heterocycles. The van der Waals surface area contributed by atoms with Gasteiger partial charge in [-0.3, -0.25) is 0 Å². The summed E-state index contributed by atoms with van der Waals surface area (Å²) < 4.78 is 24.7. The van der Waals surface area contributed by atoms with Gasteiger partial charge in [-0.15, -0.1) is 0 Å². The number of rotatable bonds is 3. The molecule has 1 saturated carbocycles. The molecule has 0 aromatic rings. The molecule has 4 atom stereocenters. The van der Waals surface area contributed by atoms with E-state index in [1.807, 2.05) is 0 Å². The number of piperidine rings is 1. The number of sulfonamides is 1. The van der Waals surface area contributed by atoms with E-state index < -0.39 is 10.0 Å². The van der Waals surface area contributed by atoms with E-state index in [2.05, 4.69) is 24.5 Å². The number of carbonyl (C=O) groups is 1. The fraction of sp³-hybridized carbons (Fsp3) is 0.933. The quantitative estimate of drug-likeness (QED) is 0.823. The van der Waals surface area contributed by atoms with Crippen molar-refractivity contribution >= 4 is 16.1 Å². The summed E-state index contributed by atoms with van der Waals surface area (Å²) >= 11 is 0. The number of nitrogens with one attached hydrogen (secondary N) is 2. The van der Waals surface area contributed by atoms with Crippen LogP contribution in [0, 0.1) is 11.8 Å². The molecule has 2 amide bonds. The summed E-state index contributed by atoms with van der Waals surface area (Å²) in [5.74, 6) is 1.12. The molecule has 1 heterocycles. The van der Waals surface area contributed by atoms with E-state index in [0.29, 0.717) is 24.9 Å². The van der Waals surface area contributed by atoms with Crippen molar-refractivity contribution in [3.05, 3.63) is 0 Å². The van der Waals surface area contributed by atoms with E-state index in [0.717, 1.165) is 25.7 Å². The van der Waals surface area contributed by atoms with Crippen LogP contribution in [0.4, 0.5) is 4.79 Å². The summed E-state index contributed by atoms with van der Waals surface area (Å²) in [7, 11) is -3.18. The minimum atomic E-state index is -3.18. The molecule has 1 aliphatic heterocycles. The van der Waals surface area contributed by atoms with E-state index >= 15 is 0 Å². The number of hydrogen-bond donors (Lipinski definition) is 2. The van der Waals surface area contributed by atoms with Crippen molar-refractivity contribution in [1.29, 1.82) is 0 Å². The van der Waals surface area contributed by atoms with Gasteiger partial charge in [0.05, 0.1) is 6.26 Å². The van der Waals surface area contributed by atoms with Crippen molar-refractivity contribution in [2.24, 2.45) is 11.8 Å². The third-order valence-corrected chi connectivity index (χ3v) is 6.48. The van der Waals surface area contributed by atoms with Crippen molar-refractivity contribution in [2.45, 2.75) is 58.0 Å². The molecule has 0 aromatic carbocycles. The van der Waals surface area contributed by atoms with Crippen LogP contribution in [0.5, 0.6) is 0 Å². The lowest BCUT2D eigenvalue weighted by Crippen LogP contribution is -2.54. The molecule has 128 valence electrons. The lowest BCUT2D eigenvalue weighted by atomic mass is 9.78. The molecule has 4 unspecified atom stereocenters. The highest BCUT2D eigenvalue weighted by Crippen LogP contribution is 2.29. The van der Waals surface area contributed by atoms with Crippen molar-refractivity contribution in [3.63, 3.8) is 0 Å². The Bertz CT molecular complexity index is 494. The molecular weight excluding hydrogens is 302 g/mol. The average Bonchev–Trinajstić information content (AvgIpc) is 2.43. The predicted octanol–water partition coefficient (Wildman–Crippen LogP) is 1.53. The normalized spacial score (nSPS) is 34.1. The fourth-order valence-corrected chi connectivity index (χ4v) is 4.45. The van der Waals surface area contributed by atoms with Crippen LogP contribution in [0.25, 0.3) is 0 Å². The Labute approximate surface area is 134 Å². The van der Waals surface area contributed by atoms with Gasteiger partial charge in [0, 0.05) is 25.2 Å². The molecule has 22 heavy (non-hydrogen) atoms. The summed E-state index contributed by atoms with van der Waals surface area (Å²) in [6.07, 6.45) is 6.25. The topological polar surface area (TPSA) is 78.5 Å². The van der Waals surface area contributed by atoms with Gasteiger partial charge in [0.25, 0.3) is 0 Å². The lowest BCUT2D eigenvalue weighted by Gasteiger charge is -2.36. The summed E-state index contributed by atoms with van der Waals surface area (Å²) in [5, 5.41) is 6.03. The van der Waals surface area contributed by atoms with Crippen LogP contribution in [0.1, 0.15) is 46.0 Å². The highest BCUT2D eigenvalue weighted by molar-refractivity contribution is 7.88. The van der Waals surface area contributed by atoms with Crippen LogP contribution in [0.15, 0.2) is 0 Å². The number of nitrogens with zero attached hydrogens (tertiary/aromatic N) is 1. The molecule has 0 aromatic heterocycles. The van der Waals surface area contributed by atoms with Crippen LogP contribution < -0.4 is 10.6 Å². The van der Waals surface area contributed by atoms with Crippen molar-refractivity contribution in [1.82, 2.24) is 14.9 Å². The van der Waals surface area contributed by atoms with E-state index in [1.54, 1.807) is 0 Å². The Hall–Kier alpha value is -0.820. The highest BCUT2D eigenvalue weighted by Gasteiger charge is 2.30. The zero-order valence-corrected chi connectivity index (χ0v) is 14.7. The van der Waals surface area contributed by atoms with Gasteiger partial charge in [-0.1, -0.05) is 26.7 Å². The number of urea groups is 1. The largest absolute Gasteiger partial charge is 0.335 e. The monoisotopic (exact) mass is 331 g/mol. The van der Waals surface area contributed by atoms with Gasteiger partial charge in [0.1, 0.15) is 0 Å². The molecule has 6 nitrogen and oxygen atoms in total. The maximum Gasteiger partial charge on any atom is 0.315 e. The minimum absolute atomic E-state index is 0.0974. The molecule has 2 N–H and O–H groups in total.